The first kappa shape index (κ1) is 22.7. The molecule has 32 heavy (non-hydrogen) atoms. The molecule has 1 aliphatic heterocycles. The number of nitrogens with zero attached hydrogens (tertiary/aromatic N) is 4. The molecule has 2 aliphatic rings. The number of hydrogen-bond donors (Lipinski definition) is 1. The van der Waals surface area contributed by atoms with Gasteiger partial charge in [0, 0.05) is 27.2 Å². The smallest absolute Gasteiger partial charge is 0.233 e. The highest BCUT2D eigenvalue weighted by atomic mass is 16.2. The lowest BCUT2D eigenvalue weighted by Gasteiger charge is -2.33. The monoisotopic (exact) mass is 435 g/mol. The minimum absolute atomic E-state index is 0.200. The van der Waals surface area contributed by atoms with Gasteiger partial charge in [0.1, 0.15) is 11.6 Å². The Morgan fingerprint density at radius 1 is 1.03 bits per heavy atom. The zero-order valence-electron chi connectivity index (χ0n) is 20.2. The van der Waals surface area contributed by atoms with Crippen molar-refractivity contribution >= 4 is 11.7 Å². The van der Waals surface area contributed by atoms with Crippen LogP contribution < -0.4 is 10.2 Å². The first-order valence-electron chi connectivity index (χ1n) is 11.9. The molecular formula is C26H37N5O. The Labute approximate surface area is 192 Å². The Kier molecular flexibility index (Phi) is 6.52. The maximum absolute atomic E-state index is 13.9. The van der Waals surface area contributed by atoms with Gasteiger partial charge >= 0.3 is 0 Å². The minimum Gasteiger partial charge on any atom is -0.363 e. The van der Waals surface area contributed by atoms with E-state index in [4.69, 9.17) is 9.97 Å². The van der Waals surface area contributed by atoms with Gasteiger partial charge in [0.25, 0.3) is 0 Å². The maximum atomic E-state index is 13.9. The summed E-state index contributed by atoms with van der Waals surface area (Å²) < 4.78 is 0. The van der Waals surface area contributed by atoms with E-state index >= 15 is 0 Å². The van der Waals surface area contributed by atoms with E-state index in [2.05, 4.69) is 37.4 Å². The van der Waals surface area contributed by atoms with Crippen LogP contribution in [0, 0.1) is 13.8 Å². The number of hydrogen-bond acceptors (Lipinski definition) is 5. The fourth-order valence-corrected chi connectivity index (χ4v) is 5.41. The van der Waals surface area contributed by atoms with Crippen LogP contribution in [0.25, 0.3) is 0 Å². The molecule has 1 aromatic carbocycles. The van der Waals surface area contributed by atoms with Crippen molar-refractivity contribution < 1.29 is 4.79 Å². The van der Waals surface area contributed by atoms with E-state index in [0.29, 0.717) is 6.54 Å². The number of anilines is 1. The predicted molar refractivity (Wildman–Crippen MR) is 129 cm³/mol. The maximum Gasteiger partial charge on any atom is 0.233 e. The Bertz CT molecular complexity index is 954. The molecule has 1 N–H and O–H groups in total. The van der Waals surface area contributed by atoms with Gasteiger partial charge in [-0.15, -0.1) is 0 Å². The molecule has 1 saturated heterocycles. The molecule has 1 atom stereocenters. The lowest BCUT2D eigenvalue weighted by molar-refractivity contribution is -0.136. The molecule has 2 fully saturated rings. The highest BCUT2D eigenvalue weighted by Gasteiger charge is 2.44. The van der Waals surface area contributed by atoms with Crippen LogP contribution in [0.3, 0.4) is 0 Å². The Morgan fingerprint density at radius 3 is 2.31 bits per heavy atom. The fourth-order valence-electron chi connectivity index (χ4n) is 5.41. The van der Waals surface area contributed by atoms with Gasteiger partial charge in [-0.1, -0.05) is 42.2 Å². The number of nitrogens with one attached hydrogen (secondary N) is 1. The molecule has 0 unspecified atom stereocenters. The average Bonchev–Trinajstić information content (AvgIpc) is 3.45. The molecule has 0 spiro atoms. The van der Waals surface area contributed by atoms with E-state index in [9.17, 15) is 4.79 Å². The van der Waals surface area contributed by atoms with Crippen molar-refractivity contribution in [1.29, 1.82) is 0 Å². The molecule has 0 bridgehead atoms. The summed E-state index contributed by atoms with van der Waals surface area (Å²) in [6.07, 6.45) is 6.24. The van der Waals surface area contributed by atoms with E-state index in [-0.39, 0.29) is 11.9 Å². The molecule has 172 valence electrons. The van der Waals surface area contributed by atoms with Gasteiger partial charge < -0.3 is 15.1 Å². The molecule has 1 aliphatic carbocycles. The van der Waals surface area contributed by atoms with Crippen molar-refractivity contribution in [3.63, 3.8) is 0 Å². The average molecular weight is 436 g/mol. The normalized spacial score (nSPS) is 19.8. The Hall–Kier alpha value is -2.47. The van der Waals surface area contributed by atoms with Crippen LogP contribution in [0.1, 0.15) is 72.8 Å². The van der Waals surface area contributed by atoms with Crippen molar-refractivity contribution in [2.24, 2.45) is 0 Å². The SMILES string of the molecule is Cc1cc(C)cc(C2(C(=O)N(C)Cc3cc(N(C)C)nc([C@@H]4CCCN4)n3)CCCC2)c1. The van der Waals surface area contributed by atoms with Crippen molar-refractivity contribution in [2.45, 2.75) is 70.4 Å². The molecule has 6 nitrogen and oxygen atoms in total. The van der Waals surface area contributed by atoms with Gasteiger partial charge in [0.05, 0.1) is 23.7 Å². The summed E-state index contributed by atoms with van der Waals surface area (Å²) in [5.41, 5.74) is 4.11. The van der Waals surface area contributed by atoms with Crippen molar-refractivity contribution in [1.82, 2.24) is 20.2 Å². The number of aryl methyl sites for hydroxylation is 2. The standard InChI is InChI=1S/C26H37N5O/c1-18-13-19(2)15-20(14-18)26(10-6-7-11-26)25(32)31(5)17-21-16-23(30(3)4)29-24(28-21)22-9-8-12-27-22/h13-16,22,27H,6-12,17H2,1-5H3/t22-/m0/s1. The van der Waals surface area contributed by atoms with Crippen molar-refractivity contribution in [3.05, 3.63) is 52.5 Å². The second-order valence-corrected chi connectivity index (χ2v) is 9.95. The lowest BCUT2D eigenvalue weighted by Crippen LogP contribution is -2.43. The lowest BCUT2D eigenvalue weighted by atomic mass is 9.76. The predicted octanol–water partition coefficient (Wildman–Crippen LogP) is 4.05. The second kappa shape index (κ2) is 9.18. The Morgan fingerprint density at radius 2 is 1.72 bits per heavy atom. The summed E-state index contributed by atoms with van der Waals surface area (Å²) in [5.74, 6) is 1.95. The fraction of sp³-hybridized carbons (Fsp3) is 0.577. The summed E-state index contributed by atoms with van der Waals surface area (Å²) in [5, 5.41) is 3.50. The number of aromatic nitrogens is 2. The molecule has 1 amide bonds. The van der Waals surface area contributed by atoms with Crippen LogP contribution in [0.5, 0.6) is 0 Å². The molecule has 2 aromatic rings. The summed E-state index contributed by atoms with van der Waals surface area (Å²) in [6.45, 7) is 5.74. The third kappa shape index (κ3) is 4.51. The summed E-state index contributed by atoms with van der Waals surface area (Å²) >= 11 is 0. The first-order valence-corrected chi connectivity index (χ1v) is 11.9. The van der Waals surface area contributed by atoms with Crippen LogP contribution in [-0.2, 0) is 16.8 Å². The van der Waals surface area contributed by atoms with Gasteiger partial charge in [0.2, 0.25) is 5.91 Å². The van der Waals surface area contributed by atoms with E-state index in [0.717, 1.165) is 62.4 Å². The molecule has 4 rings (SSSR count). The van der Waals surface area contributed by atoms with Crippen LogP contribution >= 0.6 is 0 Å². The number of rotatable bonds is 6. The van der Waals surface area contributed by atoms with E-state index in [1.54, 1.807) is 0 Å². The summed E-state index contributed by atoms with van der Waals surface area (Å²) in [4.78, 5) is 27.5. The van der Waals surface area contributed by atoms with Gasteiger partial charge in [-0.25, -0.2) is 9.97 Å². The molecule has 0 radical (unpaired) electrons. The quantitative estimate of drug-likeness (QED) is 0.742. The highest BCUT2D eigenvalue weighted by Crippen LogP contribution is 2.43. The highest BCUT2D eigenvalue weighted by molar-refractivity contribution is 5.88. The Balaban J connectivity index is 1.62. The second-order valence-electron chi connectivity index (χ2n) is 9.95. The van der Waals surface area contributed by atoms with Gasteiger partial charge in [-0.2, -0.15) is 0 Å². The molecule has 1 aromatic heterocycles. The van der Waals surface area contributed by atoms with Gasteiger partial charge in [-0.3, -0.25) is 4.79 Å². The largest absolute Gasteiger partial charge is 0.363 e. The van der Waals surface area contributed by atoms with Gasteiger partial charge in [0.15, 0.2) is 0 Å². The third-order valence-corrected chi connectivity index (χ3v) is 7.00. The summed E-state index contributed by atoms with van der Waals surface area (Å²) in [7, 11) is 5.93. The zero-order valence-corrected chi connectivity index (χ0v) is 20.2. The van der Waals surface area contributed by atoms with E-state index in [1.807, 2.05) is 37.0 Å². The van der Waals surface area contributed by atoms with Crippen LogP contribution in [0.15, 0.2) is 24.3 Å². The van der Waals surface area contributed by atoms with Crippen LogP contribution in [0.4, 0.5) is 5.82 Å². The molecular weight excluding hydrogens is 398 g/mol. The van der Waals surface area contributed by atoms with Crippen LogP contribution in [-0.4, -0.2) is 48.5 Å². The van der Waals surface area contributed by atoms with E-state index < -0.39 is 5.41 Å². The number of benzene rings is 1. The topological polar surface area (TPSA) is 61.4 Å². The molecule has 6 heteroatoms. The van der Waals surface area contributed by atoms with E-state index in [1.165, 1.54) is 16.7 Å². The van der Waals surface area contributed by atoms with Crippen LogP contribution in [0.2, 0.25) is 0 Å². The van der Waals surface area contributed by atoms with Crippen molar-refractivity contribution in [3.8, 4) is 0 Å². The first-order chi connectivity index (χ1) is 15.3. The summed E-state index contributed by atoms with van der Waals surface area (Å²) in [6, 6.07) is 8.82. The van der Waals surface area contributed by atoms with Gasteiger partial charge in [-0.05, 0) is 51.6 Å². The minimum atomic E-state index is -0.418. The zero-order chi connectivity index (χ0) is 22.9. The number of carbonyl (C=O) groups is 1. The molecule has 2 heterocycles. The number of carbonyl (C=O) groups excluding carboxylic acids is 1. The number of likely N-dealkylation sites (N-methyl/N-ethyl adjacent to an activating group) is 1. The number of amides is 1. The van der Waals surface area contributed by atoms with Crippen molar-refractivity contribution in [2.75, 3.05) is 32.6 Å². The third-order valence-electron chi connectivity index (χ3n) is 7.00. The molecule has 1 saturated carbocycles.